The van der Waals surface area contributed by atoms with Gasteiger partial charge >= 0.3 is 0 Å². The van der Waals surface area contributed by atoms with E-state index in [9.17, 15) is 0 Å². The summed E-state index contributed by atoms with van der Waals surface area (Å²) in [6.07, 6.45) is 4.90. The van der Waals surface area contributed by atoms with Crippen LogP contribution in [0.15, 0.2) is 0 Å². The van der Waals surface area contributed by atoms with Crippen LogP contribution in [0, 0.1) is 0 Å². The smallest absolute Gasteiger partial charge is 0.228 e. The second-order valence-electron chi connectivity index (χ2n) is 6.52. The predicted molar refractivity (Wildman–Crippen MR) is 101 cm³/mol. The molecule has 5 heteroatoms. The van der Waals surface area contributed by atoms with Gasteiger partial charge in [-0.3, -0.25) is 0 Å². The second-order valence-corrected chi connectivity index (χ2v) is 10.1. The Labute approximate surface area is 138 Å². The largest absolute Gasteiger partial charge is 0.441 e. The summed E-state index contributed by atoms with van der Waals surface area (Å²) in [4.78, 5) is 0. The number of rotatable bonds is 12. The van der Waals surface area contributed by atoms with Gasteiger partial charge in [0, 0.05) is 24.2 Å². The molecule has 0 heterocycles. The molecule has 3 nitrogen and oxygen atoms in total. The molecule has 0 spiro atoms. The molecule has 0 aromatic heterocycles. The highest BCUT2D eigenvalue weighted by atomic mass is 28.3. The molecule has 0 aromatic carbocycles. The molecule has 0 saturated heterocycles. The highest BCUT2D eigenvalue weighted by Gasteiger charge is 2.21. The summed E-state index contributed by atoms with van der Waals surface area (Å²) < 4.78 is 11.7. The van der Waals surface area contributed by atoms with Gasteiger partial charge in [0.25, 0.3) is 0 Å². The van der Waals surface area contributed by atoms with Gasteiger partial charge < -0.3 is 13.2 Å². The van der Waals surface area contributed by atoms with Crippen molar-refractivity contribution >= 4 is 19.8 Å². The lowest BCUT2D eigenvalue weighted by Crippen LogP contribution is -2.48. The molecule has 4 unspecified atom stereocenters. The molecule has 0 fully saturated rings. The third-order valence-electron chi connectivity index (χ3n) is 5.11. The molecular formula is C16H40N2OSi2. The van der Waals surface area contributed by atoms with E-state index in [1.54, 1.807) is 0 Å². The quantitative estimate of drug-likeness (QED) is 0.511. The van der Waals surface area contributed by atoms with Gasteiger partial charge in [0.2, 0.25) is 19.8 Å². The minimum Gasteiger partial charge on any atom is -0.441 e. The first-order valence-electron chi connectivity index (χ1n) is 9.01. The molecule has 4 atom stereocenters. The first kappa shape index (κ1) is 21.3. The number of hydrogen-bond acceptors (Lipinski definition) is 3. The van der Waals surface area contributed by atoms with Crippen molar-refractivity contribution in [2.45, 2.75) is 105 Å². The first-order valence-corrected chi connectivity index (χ1v) is 11.4. The molecule has 0 aliphatic rings. The molecular weight excluding hydrogens is 292 g/mol. The summed E-state index contributed by atoms with van der Waals surface area (Å²) >= 11 is 0. The van der Waals surface area contributed by atoms with Gasteiger partial charge in [-0.2, -0.15) is 0 Å². The van der Waals surface area contributed by atoms with E-state index in [1.807, 2.05) is 0 Å². The van der Waals surface area contributed by atoms with Gasteiger partial charge in [-0.25, -0.2) is 0 Å². The maximum atomic E-state index is 6.38. The molecule has 0 aromatic rings. The van der Waals surface area contributed by atoms with E-state index in [0.717, 1.165) is 0 Å². The van der Waals surface area contributed by atoms with Crippen LogP contribution in [0.5, 0.6) is 0 Å². The molecule has 0 aliphatic heterocycles. The van der Waals surface area contributed by atoms with E-state index in [0.29, 0.717) is 24.2 Å². The zero-order valence-corrected chi connectivity index (χ0v) is 18.7. The van der Waals surface area contributed by atoms with E-state index in [2.05, 4.69) is 64.5 Å². The predicted octanol–water partition coefficient (Wildman–Crippen LogP) is 2.80. The molecule has 0 aliphatic carbocycles. The standard InChI is InChI=1S/C16H40N2OSi2/c1-9-13(5)17(14(6)10-2)20-19-21-18(15(7)11-3)16(8)12-4/h13-16H,9-12,20-21H2,1-8H3. The van der Waals surface area contributed by atoms with E-state index < -0.39 is 19.8 Å². The third kappa shape index (κ3) is 7.41. The third-order valence-corrected chi connectivity index (χ3v) is 9.66. The monoisotopic (exact) mass is 332 g/mol. The van der Waals surface area contributed by atoms with Crippen LogP contribution >= 0.6 is 0 Å². The van der Waals surface area contributed by atoms with Crippen LogP contribution in [-0.2, 0) is 4.12 Å². The van der Waals surface area contributed by atoms with Crippen molar-refractivity contribution in [2.24, 2.45) is 0 Å². The van der Waals surface area contributed by atoms with Crippen molar-refractivity contribution in [3.8, 4) is 0 Å². The fourth-order valence-corrected chi connectivity index (χ4v) is 6.63. The maximum absolute atomic E-state index is 6.38. The molecule has 0 amide bonds. The lowest BCUT2D eigenvalue weighted by Gasteiger charge is -2.37. The zero-order chi connectivity index (χ0) is 16.4. The Balaban J connectivity index is 4.50. The van der Waals surface area contributed by atoms with Crippen LogP contribution in [0.25, 0.3) is 0 Å². The normalized spacial score (nSPS) is 19.1. The molecule has 0 saturated carbocycles. The van der Waals surface area contributed by atoms with Gasteiger partial charge in [-0.05, 0) is 25.7 Å². The topological polar surface area (TPSA) is 15.7 Å². The number of hydrogen-bond donors (Lipinski definition) is 0. The average molecular weight is 333 g/mol. The maximum Gasteiger partial charge on any atom is 0.228 e. The summed E-state index contributed by atoms with van der Waals surface area (Å²) in [6.45, 7) is 18.6. The average Bonchev–Trinajstić information content (AvgIpc) is 2.52. The fraction of sp³-hybridized carbons (Fsp3) is 1.00. The number of nitrogens with zero attached hydrogens (tertiary/aromatic N) is 2. The fourth-order valence-electron chi connectivity index (χ4n) is 2.57. The van der Waals surface area contributed by atoms with E-state index >= 15 is 0 Å². The molecule has 0 bridgehead atoms. The summed E-state index contributed by atoms with van der Waals surface area (Å²) in [5.41, 5.74) is 0. The Hall–Kier alpha value is 0.314. The highest BCUT2D eigenvalue weighted by molar-refractivity contribution is 6.39. The Bertz CT molecular complexity index is 212. The second kappa shape index (κ2) is 11.8. The first-order chi connectivity index (χ1) is 9.92. The van der Waals surface area contributed by atoms with Crippen LogP contribution < -0.4 is 0 Å². The SMILES string of the molecule is CCC(C)N([SiH2]O[SiH2]N(C(C)CC)C(C)CC)C(C)CC. The van der Waals surface area contributed by atoms with Gasteiger partial charge in [-0.15, -0.1) is 0 Å². The van der Waals surface area contributed by atoms with Crippen molar-refractivity contribution in [2.75, 3.05) is 0 Å². The van der Waals surface area contributed by atoms with Gasteiger partial charge in [-0.1, -0.05) is 55.4 Å². The molecule has 21 heavy (non-hydrogen) atoms. The minimum atomic E-state index is -0.560. The van der Waals surface area contributed by atoms with Crippen molar-refractivity contribution in [3.05, 3.63) is 0 Å². The van der Waals surface area contributed by atoms with E-state index in [1.165, 1.54) is 25.7 Å². The lowest BCUT2D eigenvalue weighted by molar-refractivity contribution is 0.222. The van der Waals surface area contributed by atoms with Gasteiger partial charge in [0.1, 0.15) is 0 Å². The van der Waals surface area contributed by atoms with Crippen LogP contribution in [-0.4, -0.2) is 53.1 Å². The highest BCUT2D eigenvalue weighted by Crippen LogP contribution is 2.12. The summed E-state index contributed by atoms with van der Waals surface area (Å²) in [6, 6.07) is 2.67. The van der Waals surface area contributed by atoms with Crippen LogP contribution in [0.4, 0.5) is 0 Å². The lowest BCUT2D eigenvalue weighted by atomic mass is 10.2. The summed E-state index contributed by atoms with van der Waals surface area (Å²) in [5.74, 6) is 0. The van der Waals surface area contributed by atoms with Crippen molar-refractivity contribution < 1.29 is 4.12 Å². The molecule has 0 radical (unpaired) electrons. The Morgan fingerprint density at radius 1 is 0.619 bits per heavy atom. The van der Waals surface area contributed by atoms with Crippen LogP contribution in [0.3, 0.4) is 0 Å². The van der Waals surface area contributed by atoms with Crippen molar-refractivity contribution in [1.82, 2.24) is 9.13 Å². The molecule has 128 valence electrons. The van der Waals surface area contributed by atoms with Crippen LogP contribution in [0.1, 0.15) is 81.1 Å². The Morgan fingerprint density at radius 3 is 1.05 bits per heavy atom. The Kier molecular flexibility index (Phi) is 12.0. The van der Waals surface area contributed by atoms with E-state index in [4.69, 9.17) is 4.12 Å². The van der Waals surface area contributed by atoms with Crippen molar-refractivity contribution in [3.63, 3.8) is 0 Å². The molecule has 0 rings (SSSR count). The minimum absolute atomic E-state index is 0.560. The van der Waals surface area contributed by atoms with Crippen molar-refractivity contribution in [1.29, 1.82) is 0 Å². The summed E-state index contributed by atoms with van der Waals surface area (Å²) in [5, 5.41) is 0. The van der Waals surface area contributed by atoms with E-state index in [-0.39, 0.29) is 0 Å². The van der Waals surface area contributed by atoms with Crippen LogP contribution in [0.2, 0.25) is 0 Å². The summed E-state index contributed by atoms with van der Waals surface area (Å²) in [7, 11) is -1.12. The van der Waals surface area contributed by atoms with Gasteiger partial charge in [0.05, 0.1) is 0 Å². The Morgan fingerprint density at radius 2 is 0.857 bits per heavy atom. The zero-order valence-electron chi connectivity index (χ0n) is 15.9. The molecule has 0 N–H and O–H groups in total. The van der Waals surface area contributed by atoms with Gasteiger partial charge in [0.15, 0.2) is 0 Å².